The zero-order valence-corrected chi connectivity index (χ0v) is 22.6. The number of carbonyl (C=O) groups is 2. The fraction of sp³-hybridized carbons (Fsp3) is 0.933. The monoisotopic (exact) mass is 484 g/mol. The number of esters is 2. The predicted molar refractivity (Wildman–Crippen MR) is 130 cm³/mol. The van der Waals surface area contributed by atoms with E-state index in [9.17, 15) is 9.59 Å². The molecular formula is C30H44O5. The van der Waals surface area contributed by atoms with Crippen molar-refractivity contribution in [1.29, 1.82) is 0 Å². The Morgan fingerprint density at radius 2 is 1.51 bits per heavy atom. The summed E-state index contributed by atoms with van der Waals surface area (Å²) >= 11 is 0. The molecule has 11 atom stereocenters. The van der Waals surface area contributed by atoms with Crippen LogP contribution in [-0.4, -0.2) is 29.4 Å². The van der Waals surface area contributed by atoms with E-state index >= 15 is 0 Å². The number of hydrogen-bond acceptors (Lipinski definition) is 5. The molecule has 35 heavy (non-hydrogen) atoms. The lowest BCUT2D eigenvalue weighted by Gasteiger charge is -2.61. The summed E-state index contributed by atoms with van der Waals surface area (Å²) in [5.74, 6) is 1.31. The first-order chi connectivity index (χ1) is 16.3. The number of rotatable bonds is 0. The predicted octanol–water partition coefficient (Wildman–Crippen LogP) is 6.04. The van der Waals surface area contributed by atoms with Gasteiger partial charge >= 0.3 is 11.9 Å². The van der Waals surface area contributed by atoms with Crippen LogP contribution in [0.15, 0.2) is 0 Å². The lowest BCUT2D eigenvalue weighted by molar-refractivity contribution is -0.276. The highest BCUT2D eigenvalue weighted by Gasteiger charge is 2.83. The maximum atomic E-state index is 12.6. The molecule has 7 aliphatic rings. The van der Waals surface area contributed by atoms with Gasteiger partial charge in [-0.25, -0.2) is 0 Å². The molecule has 0 amide bonds. The van der Waals surface area contributed by atoms with Gasteiger partial charge in [0.2, 0.25) is 5.79 Å². The second kappa shape index (κ2) is 6.48. The quantitative estimate of drug-likeness (QED) is 0.393. The smallest absolute Gasteiger partial charge is 0.311 e. The van der Waals surface area contributed by atoms with Crippen LogP contribution in [0.3, 0.4) is 0 Å². The number of fused-ring (bicyclic) bond motifs is 4. The van der Waals surface area contributed by atoms with Gasteiger partial charge in [-0.15, -0.1) is 0 Å². The molecule has 7 fully saturated rings. The minimum absolute atomic E-state index is 0.00369. The Hall–Kier alpha value is -1.10. The molecule has 4 aliphatic carbocycles. The highest BCUT2D eigenvalue weighted by atomic mass is 16.7. The molecule has 194 valence electrons. The lowest BCUT2D eigenvalue weighted by atomic mass is 9.43. The fourth-order valence-electron chi connectivity index (χ4n) is 12.2. The number of hydrogen-bond donors (Lipinski definition) is 0. The van der Waals surface area contributed by atoms with Crippen molar-refractivity contribution in [3.8, 4) is 0 Å². The summed E-state index contributed by atoms with van der Waals surface area (Å²) in [5, 5.41) is 0. The summed E-state index contributed by atoms with van der Waals surface area (Å²) in [7, 11) is 0. The molecule has 7 rings (SSSR count). The zero-order chi connectivity index (χ0) is 24.8. The van der Waals surface area contributed by atoms with E-state index in [2.05, 4.69) is 34.6 Å². The van der Waals surface area contributed by atoms with E-state index in [1.165, 1.54) is 32.1 Å². The average Bonchev–Trinajstić information content (AvgIpc) is 3.28. The van der Waals surface area contributed by atoms with E-state index < -0.39 is 5.79 Å². The Morgan fingerprint density at radius 3 is 2.23 bits per heavy atom. The van der Waals surface area contributed by atoms with Crippen LogP contribution in [0.5, 0.6) is 0 Å². The third-order valence-electron chi connectivity index (χ3n) is 13.4. The van der Waals surface area contributed by atoms with Gasteiger partial charge in [0.15, 0.2) is 0 Å². The minimum Gasteiger partial charge on any atom is -0.459 e. The molecule has 0 bridgehead atoms. The molecule has 3 saturated heterocycles. The first-order valence-electron chi connectivity index (χ1n) is 14.4. The summed E-state index contributed by atoms with van der Waals surface area (Å²) in [6, 6.07) is 0. The molecule has 3 spiro atoms. The standard InChI is InChI=1S/C30H44O5/c1-17-13-30(14-18(2)24(32)35-30)33-19-15-27(6)21-8-7-20-25(3,4)34-22(31)9-10-28(20)16-29(21,28)12-11-26(27,5)23(17)19/h17-21,23H,7-16H2,1-6H3/t17-,18+,19?,20?,21?,23?,26+,27+,28+,29-,30-/m0/s1. The Kier molecular flexibility index (Phi) is 4.26. The van der Waals surface area contributed by atoms with Gasteiger partial charge in [0.1, 0.15) is 5.60 Å². The van der Waals surface area contributed by atoms with Crippen LogP contribution >= 0.6 is 0 Å². The van der Waals surface area contributed by atoms with E-state index in [0.29, 0.717) is 41.9 Å². The van der Waals surface area contributed by atoms with Gasteiger partial charge in [0.25, 0.3) is 0 Å². The Balaban J connectivity index is 1.24. The normalized spacial score (nSPS) is 59.8. The highest BCUT2D eigenvalue weighted by molar-refractivity contribution is 5.74. The van der Waals surface area contributed by atoms with Gasteiger partial charge in [-0.2, -0.15) is 0 Å². The number of ether oxygens (including phenoxy) is 3. The molecule has 4 saturated carbocycles. The van der Waals surface area contributed by atoms with Crippen molar-refractivity contribution in [2.75, 3.05) is 0 Å². The topological polar surface area (TPSA) is 61.8 Å². The van der Waals surface area contributed by atoms with Crippen molar-refractivity contribution in [3.05, 3.63) is 0 Å². The zero-order valence-electron chi connectivity index (χ0n) is 22.6. The maximum Gasteiger partial charge on any atom is 0.311 e. The summed E-state index contributed by atoms with van der Waals surface area (Å²) < 4.78 is 18.9. The van der Waals surface area contributed by atoms with Crippen LogP contribution < -0.4 is 0 Å². The molecular weight excluding hydrogens is 440 g/mol. The first kappa shape index (κ1) is 23.0. The van der Waals surface area contributed by atoms with Crippen LogP contribution in [0.25, 0.3) is 0 Å². The van der Waals surface area contributed by atoms with Crippen molar-refractivity contribution >= 4 is 11.9 Å². The van der Waals surface area contributed by atoms with Gasteiger partial charge in [-0.05, 0) is 98.2 Å². The van der Waals surface area contributed by atoms with Crippen molar-refractivity contribution in [1.82, 2.24) is 0 Å². The van der Waals surface area contributed by atoms with Crippen LogP contribution in [0.4, 0.5) is 0 Å². The van der Waals surface area contributed by atoms with Gasteiger partial charge in [-0.3, -0.25) is 9.59 Å². The van der Waals surface area contributed by atoms with E-state index in [1.54, 1.807) is 0 Å². The highest BCUT2D eigenvalue weighted by Crippen LogP contribution is 2.88. The molecule has 0 aromatic rings. The molecule has 0 aromatic heterocycles. The summed E-state index contributed by atoms with van der Waals surface area (Å²) in [6.45, 7) is 13.9. The van der Waals surface area contributed by atoms with E-state index in [0.717, 1.165) is 19.3 Å². The van der Waals surface area contributed by atoms with Crippen molar-refractivity contribution in [3.63, 3.8) is 0 Å². The summed E-state index contributed by atoms with van der Waals surface area (Å²) in [6.07, 6.45) is 10.6. The van der Waals surface area contributed by atoms with Crippen LogP contribution in [0.2, 0.25) is 0 Å². The average molecular weight is 485 g/mol. The molecule has 3 aliphatic heterocycles. The van der Waals surface area contributed by atoms with Crippen LogP contribution in [0.1, 0.15) is 106 Å². The van der Waals surface area contributed by atoms with Crippen LogP contribution in [0, 0.1) is 51.2 Å². The number of cyclic esters (lactones) is 1. The third-order valence-corrected chi connectivity index (χ3v) is 13.4. The van der Waals surface area contributed by atoms with E-state index in [-0.39, 0.29) is 45.8 Å². The van der Waals surface area contributed by atoms with E-state index in [1.807, 2.05) is 6.92 Å². The second-order valence-electron chi connectivity index (χ2n) is 15.1. The molecule has 0 N–H and O–H groups in total. The van der Waals surface area contributed by atoms with Gasteiger partial charge < -0.3 is 14.2 Å². The molecule has 4 unspecified atom stereocenters. The van der Waals surface area contributed by atoms with Crippen LogP contribution in [-0.2, 0) is 23.8 Å². The van der Waals surface area contributed by atoms with Gasteiger partial charge in [-0.1, -0.05) is 27.7 Å². The maximum absolute atomic E-state index is 12.6. The molecule has 5 nitrogen and oxygen atoms in total. The first-order valence-corrected chi connectivity index (χ1v) is 14.4. The molecule has 3 heterocycles. The Bertz CT molecular complexity index is 1000. The van der Waals surface area contributed by atoms with Crippen molar-refractivity contribution in [2.45, 2.75) is 123 Å². The summed E-state index contributed by atoms with van der Waals surface area (Å²) in [5.41, 5.74) is 0.725. The van der Waals surface area contributed by atoms with Crippen molar-refractivity contribution in [2.24, 2.45) is 51.2 Å². The lowest BCUT2D eigenvalue weighted by Crippen LogP contribution is -2.56. The molecule has 0 radical (unpaired) electrons. The molecule has 5 heteroatoms. The largest absolute Gasteiger partial charge is 0.459 e. The summed E-state index contributed by atoms with van der Waals surface area (Å²) in [4.78, 5) is 24.9. The number of carbonyl (C=O) groups excluding carboxylic acids is 2. The van der Waals surface area contributed by atoms with Crippen molar-refractivity contribution < 1.29 is 23.8 Å². The second-order valence-corrected chi connectivity index (χ2v) is 15.1. The third kappa shape index (κ3) is 2.55. The van der Waals surface area contributed by atoms with Gasteiger partial charge in [0.05, 0.1) is 12.0 Å². The fourth-order valence-corrected chi connectivity index (χ4v) is 12.2. The Morgan fingerprint density at radius 1 is 0.800 bits per heavy atom. The SMILES string of the molecule is C[C@@H]1C[C@]2(C[C@H](C)C3C(C[C@]4(C)C5CCC6C(C)(C)OC(=O)CC[C@@]67C[C@@]57CC[C@]34C)O2)OC1=O. The minimum atomic E-state index is -0.698. The van der Waals surface area contributed by atoms with E-state index in [4.69, 9.17) is 14.2 Å². The molecule has 0 aromatic carbocycles. The Labute approximate surface area is 210 Å². The van der Waals surface area contributed by atoms with Gasteiger partial charge in [0, 0.05) is 25.2 Å².